The van der Waals surface area contributed by atoms with Gasteiger partial charge in [0.15, 0.2) is 11.6 Å². The Labute approximate surface area is 125 Å². The Balaban J connectivity index is 2.26. The number of nitrogens with one attached hydrogen (secondary N) is 1. The standard InChI is InChI=1S/C13H11ClF2N2O2S/c14-10-5-4-9(21(17,19)20)6-12(10)18-7-8-2-1-3-11(15)13(8)16/h1-6,18H,7H2,(H2,17,19,20). The molecule has 0 saturated heterocycles. The van der Waals surface area contributed by atoms with Crippen LogP contribution in [0.2, 0.25) is 5.02 Å². The lowest BCUT2D eigenvalue weighted by Gasteiger charge is -2.10. The highest BCUT2D eigenvalue weighted by Gasteiger charge is 2.12. The third-order valence-electron chi connectivity index (χ3n) is 2.77. The van der Waals surface area contributed by atoms with E-state index in [4.69, 9.17) is 16.7 Å². The Kier molecular flexibility index (Phi) is 4.46. The van der Waals surface area contributed by atoms with Crippen molar-refractivity contribution in [2.45, 2.75) is 11.4 Å². The molecule has 21 heavy (non-hydrogen) atoms. The van der Waals surface area contributed by atoms with Gasteiger partial charge in [-0.3, -0.25) is 0 Å². The monoisotopic (exact) mass is 332 g/mol. The molecule has 0 atom stereocenters. The van der Waals surface area contributed by atoms with Crippen LogP contribution in [-0.4, -0.2) is 8.42 Å². The quantitative estimate of drug-likeness (QED) is 0.904. The van der Waals surface area contributed by atoms with Crippen molar-refractivity contribution in [3.8, 4) is 0 Å². The fourth-order valence-electron chi connectivity index (χ4n) is 1.69. The fraction of sp³-hybridized carbons (Fsp3) is 0.0769. The predicted molar refractivity (Wildman–Crippen MR) is 76.5 cm³/mol. The predicted octanol–water partition coefficient (Wildman–Crippen LogP) is 2.88. The van der Waals surface area contributed by atoms with Crippen LogP contribution in [0.5, 0.6) is 0 Å². The number of halogens is 3. The van der Waals surface area contributed by atoms with Crippen molar-refractivity contribution in [1.29, 1.82) is 0 Å². The van der Waals surface area contributed by atoms with Gasteiger partial charge in [-0.25, -0.2) is 22.3 Å². The Hall–Kier alpha value is -1.70. The summed E-state index contributed by atoms with van der Waals surface area (Å²) in [5.74, 6) is -1.93. The molecule has 0 aliphatic heterocycles. The molecule has 8 heteroatoms. The fourth-order valence-corrected chi connectivity index (χ4v) is 2.42. The summed E-state index contributed by atoms with van der Waals surface area (Å²) in [5.41, 5.74) is 0.346. The van der Waals surface area contributed by atoms with E-state index in [1.165, 1.54) is 30.3 Å². The number of nitrogens with two attached hydrogens (primary N) is 1. The van der Waals surface area contributed by atoms with Gasteiger partial charge in [0.2, 0.25) is 10.0 Å². The highest BCUT2D eigenvalue weighted by atomic mass is 35.5. The molecule has 0 fully saturated rings. The number of hydrogen-bond donors (Lipinski definition) is 2. The first-order valence-electron chi connectivity index (χ1n) is 5.78. The van der Waals surface area contributed by atoms with E-state index in [0.29, 0.717) is 0 Å². The van der Waals surface area contributed by atoms with E-state index in [9.17, 15) is 17.2 Å². The zero-order chi connectivity index (χ0) is 15.6. The summed E-state index contributed by atoms with van der Waals surface area (Å²) in [4.78, 5) is -0.130. The molecule has 0 amide bonds. The van der Waals surface area contributed by atoms with Crippen LogP contribution in [0, 0.1) is 11.6 Å². The first-order valence-corrected chi connectivity index (χ1v) is 7.70. The van der Waals surface area contributed by atoms with Gasteiger partial charge in [-0.05, 0) is 24.3 Å². The molecule has 4 nitrogen and oxygen atoms in total. The maximum Gasteiger partial charge on any atom is 0.238 e. The van der Waals surface area contributed by atoms with E-state index < -0.39 is 21.7 Å². The van der Waals surface area contributed by atoms with Crippen LogP contribution in [0.25, 0.3) is 0 Å². The van der Waals surface area contributed by atoms with Gasteiger partial charge in [0.05, 0.1) is 15.6 Å². The third-order valence-corrected chi connectivity index (χ3v) is 4.01. The molecular weight excluding hydrogens is 322 g/mol. The topological polar surface area (TPSA) is 72.2 Å². The number of benzene rings is 2. The first kappa shape index (κ1) is 15.7. The van der Waals surface area contributed by atoms with Gasteiger partial charge in [-0.15, -0.1) is 0 Å². The number of anilines is 1. The average Bonchev–Trinajstić information content (AvgIpc) is 2.40. The van der Waals surface area contributed by atoms with E-state index in [1.807, 2.05) is 0 Å². The highest BCUT2D eigenvalue weighted by Crippen LogP contribution is 2.25. The molecule has 2 aromatic carbocycles. The summed E-state index contributed by atoms with van der Waals surface area (Å²) < 4.78 is 49.1. The van der Waals surface area contributed by atoms with Crippen molar-refractivity contribution in [2.75, 3.05) is 5.32 Å². The van der Waals surface area contributed by atoms with Gasteiger partial charge in [-0.2, -0.15) is 0 Å². The largest absolute Gasteiger partial charge is 0.380 e. The Morgan fingerprint density at radius 3 is 2.57 bits per heavy atom. The van der Waals surface area contributed by atoms with Crippen molar-refractivity contribution >= 4 is 27.3 Å². The summed E-state index contributed by atoms with van der Waals surface area (Å²) in [7, 11) is -3.87. The van der Waals surface area contributed by atoms with Gasteiger partial charge >= 0.3 is 0 Å². The van der Waals surface area contributed by atoms with Crippen LogP contribution in [0.3, 0.4) is 0 Å². The van der Waals surface area contributed by atoms with Crippen LogP contribution < -0.4 is 10.5 Å². The van der Waals surface area contributed by atoms with E-state index >= 15 is 0 Å². The molecule has 3 N–H and O–H groups in total. The van der Waals surface area contributed by atoms with Crippen molar-refractivity contribution < 1.29 is 17.2 Å². The number of rotatable bonds is 4. The van der Waals surface area contributed by atoms with Crippen LogP contribution in [0.1, 0.15) is 5.56 Å². The van der Waals surface area contributed by atoms with E-state index in [0.717, 1.165) is 6.07 Å². The molecule has 2 rings (SSSR count). The molecule has 0 heterocycles. The first-order chi connectivity index (χ1) is 9.79. The summed E-state index contributed by atoms with van der Waals surface area (Å²) in [6, 6.07) is 7.63. The minimum absolute atomic E-state index is 0.0581. The SMILES string of the molecule is NS(=O)(=O)c1ccc(Cl)c(NCc2cccc(F)c2F)c1. The van der Waals surface area contributed by atoms with E-state index in [2.05, 4.69) is 5.32 Å². The summed E-state index contributed by atoms with van der Waals surface area (Å²) in [6.07, 6.45) is 0. The molecule has 0 aliphatic rings. The van der Waals surface area contributed by atoms with E-state index in [-0.39, 0.29) is 27.7 Å². The van der Waals surface area contributed by atoms with Crippen molar-refractivity contribution in [3.05, 3.63) is 58.6 Å². The number of primary sulfonamides is 1. The van der Waals surface area contributed by atoms with Gasteiger partial charge in [0.25, 0.3) is 0 Å². The summed E-state index contributed by atoms with van der Waals surface area (Å²) in [6.45, 7) is -0.0581. The molecular formula is C13H11ClF2N2O2S. The lowest BCUT2D eigenvalue weighted by molar-refractivity contribution is 0.500. The average molecular weight is 333 g/mol. The molecule has 0 aromatic heterocycles. The molecule has 0 unspecified atom stereocenters. The molecule has 2 aromatic rings. The second kappa shape index (κ2) is 5.97. The third kappa shape index (κ3) is 3.69. The van der Waals surface area contributed by atoms with Crippen LogP contribution in [-0.2, 0) is 16.6 Å². The minimum Gasteiger partial charge on any atom is -0.380 e. The molecule has 112 valence electrons. The Morgan fingerprint density at radius 2 is 1.90 bits per heavy atom. The normalized spacial score (nSPS) is 11.4. The maximum absolute atomic E-state index is 13.5. The maximum atomic E-state index is 13.5. The van der Waals surface area contributed by atoms with Gasteiger partial charge in [0.1, 0.15) is 0 Å². The second-order valence-electron chi connectivity index (χ2n) is 4.25. The van der Waals surface area contributed by atoms with Gasteiger partial charge < -0.3 is 5.32 Å². The Bertz CT molecular complexity index is 782. The second-order valence-corrected chi connectivity index (χ2v) is 6.22. The highest BCUT2D eigenvalue weighted by molar-refractivity contribution is 7.89. The Morgan fingerprint density at radius 1 is 1.19 bits per heavy atom. The zero-order valence-corrected chi connectivity index (χ0v) is 12.2. The lowest BCUT2D eigenvalue weighted by atomic mass is 10.2. The van der Waals surface area contributed by atoms with Crippen molar-refractivity contribution in [2.24, 2.45) is 5.14 Å². The molecule has 0 radical (unpaired) electrons. The number of hydrogen-bond acceptors (Lipinski definition) is 3. The summed E-state index contributed by atoms with van der Waals surface area (Å²) >= 11 is 5.92. The molecule has 0 bridgehead atoms. The van der Waals surface area contributed by atoms with Gasteiger partial charge in [0, 0.05) is 12.1 Å². The van der Waals surface area contributed by atoms with Crippen LogP contribution >= 0.6 is 11.6 Å². The minimum atomic E-state index is -3.87. The van der Waals surface area contributed by atoms with Crippen molar-refractivity contribution in [1.82, 2.24) is 0 Å². The lowest BCUT2D eigenvalue weighted by Crippen LogP contribution is -2.12. The smallest absolute Gasteiger partial charge is 0.238 e. The molecule has 0 saturated carbocycles. The summed E-state index contributed by atoms with van der Waals surface area (Å²) in [5, 5.41) is 8.01. The van der Waals surface area contributed by atoms with Crippen molar-refractivity contribution in [3.63, 3.8) is 0 Å². The molecule has 0 spiro atoms. The molecule has 0 aliphatic carbocycles. The zero-order valence-electron chi connectivity index (χ0n) is 10.6. The van der Waals surface area contributed by atoms with Gasteiger partial charge in [-0.1, -0.05) is 23.7 Å². The van der Waals surface area contributed by atoms with Crippen LogP contribution in [0.4, 0.5) is 14.5 Å². The van der Waals surface area contributed by atoms with E-state index in [1.54, 1.807) is 0 Å². The number of sulfonamides is 1. The van der Waals surface area contributed by atoms with Crippen LogP contribution in [0.15, 0.2) is 41.3 Å².